The summed E-state index contributed by atoms with van der Waals surface area (Å²) < 4.78 is 4.94. The van der Waals surface area contributed by atoms with Gasteiger partial charge in [0.05, 0.1) is 12.7 Å². The number of hydrogen-bond donors (Lipinski definition) is 2. The standard InChI is InChI=1S/C11H19NO4/c1-16-6-9(11(14)15)12-4-7-2-3-10(13)8(7)5-12/h7-10,13H,2-6H2,1H3,(H,14,15). The maximum atomic E-state index is 11.1. The fraction of sp³-hybridized carbons (Fsp3) is 0.909. The molecule has 0 aromatic heterocycles. The van der Waals surface area contributed by atoms with E-state index in [2.05, 4.69) is 0 Å². The molecule has 5 nitrogen and oxygen atoms in total. The van der Waals surface area contributed by atoms with E-state index in [4.69, 9.17) is 9.84 Å². The number of ether oxygens (including phenoxy) is 1. The molecular weight excluding hydrogens is 210 g/mol. The van der Waals surface area contributed by atoms with Crippen molar-refractivity contribution in [2.24, 2.45) is 11.8 Å². The Labute approximate surface area is 95.0 Å². The Bertz CT molecular complexity index is 271. The number of likely N-dealkylation sites (tertiary alicyclic amines) is 1. The maximum absolute atomic E-state index is 11.1. The first-order chi connectivity index (χ1) is 7.63. The first kappa shape index (κ1) is 11.8. The third kappa shape index (κ3) is 2.07. The number of aliphatic hydroxyl groups excluding tert-OH is 1. The molecule has 2 aliphatic rings. The van der Waals surface area contributed by atoms with Crippen LogP contribution in [0.2, 0.25) is 0 Å². The van der Waals surface area contributed by atoms with Crippen LogP contribution in [0.25, 0.3) is 0 Å². The highest BCUT2D eigenvalue weighted by molar-refractivity contribution is 5.73. The van der Waals surface area contributed by atoms with Crippen molar-refractivity contribution in [1.29, 1.82) is 0 Å². The van der Waals surface area contributed by atoms with Gasteiger partial charge in [0.15, 0.2) is 0 Å². The molecule has 5 heteroatoms. The minimum absolute atomic E-state index is 0.213. The fourth-order valence-electron chi connectivity index (χ4n) is 3.02. The summed E-state index contributed by atoms with van der Waals surface area (Å²) >= 11 is 0. The molecule has 0 aromatic rings. The number of carboxylic acids is 1. The van der Waals surface area contributed by atoms with E-state index < -0.39 is 12.0 Å². The molecule has 0 bridgehead atoms. The molecule has 4 atom stereocenters. The van der Waals surface area contributed by atoms with Crippen LogP contribution in [0.4, 0.5) is 0 Å². The molecule has 1 saturated carbocycles. The van der Waals surface area contributed by atoms with Crippen LogP contribution in [0.15, 0.2) is 0 Å². The quantitative estimate of drug-likeness (QED) is 0.698. The molecule has 0 aromatic carbocycles. The number of nitrogens with zero attached hydrogens (tertiary/aromatic N) is 1. The lowest BCUT2D eigenvalue weighted by Crippen LogP contribution is -2.43. The number of aliphatic carboxylic acids is 1. The second kappa shape index (κ2) is 4.69. The number of carboxylic acid groups (broad SMARTS) is 1. The average Bonchev–Trinajstić information content (AvgIpc) is 2.77. The van der Waals surface area contributed by atoms with Crippen molar-refractivity contribution in [3.05, 3.63) is 0 Å². The molecule has 0 amide bonds. The van der Waals surface area contributed by atoms with Gasteiger partial charge in [-0.15, -0.1) is 0 Å². The highest BCUT2D eigenvalue weighted by Gasteiger charge is 2.44. The first-order valence-corrected chi connectivity index (χ1v) is 5.77. The van der Waals surface area contributed by atoms with Gasteiger partial charge >= 0.3 is 5.97 Å². The van der Waals surface area contributed by atoms with Gasteiger partial charge in [-0.25, -0.2) is 0 Å². The van der Waals surface area contributed by atoms with Gasteiger partial charge in [-0.05, 0) is 18.8 Å². The molecule has 1 aliphatic heterocycles. The number of aliphatic hydroxyl groups is 1. The van der Waals surface area contributed by atoms with Gasteiger partial charge in [-0.3, -0.25) is 9.69 Å². The lowest BCUT2D eigenvalue weighted by molar-refractivity contribution is -0.145. The summed E-state index contributed by atoms with van der Waals surface area (Å²) in [5.41, 5.74) is 0. The van der Waals surface area contributed by atoms with Gasteiger partial charge < -0.3 is 14.9 Å². The first-order valence-electron chi connectivity index (χ1n) is 5.77. The molecular formula is C11H19NO4. The summed E-state index contributed by atoms with van der Waals surface area (Å²) in [5, 5.41) is 18.9. The molecule has 2 rings (SSSR count). The minimum Gasteiger partial charge on any atom is -0.480 e. The number of rotatable bonds is 4. The monoisotopic (exact) mass is 229 g/mol. The molecule has 16 heavy (non-hydrogen) atoms. The SMILES string of the molecule is COCC(C(=O)O)N1CC2CCC(O)C2C1. The number of hydrogen-bond acceptors (Lipinski definition) is 4. The van der Waals surface area contributed by atoms with Crippen LogP contribution < -0.4 is 0 Å². The van der Waals surface area contributed by atoms with E-state index in [0.717, 1.165) is 19.4 Å². The largest absolute Gasteiger partial charge is 0.480 e. The van der Waals surface area contributed by atoms with Crippen LogP contribution in [-0.2, 0) is 9.53 Å². The van der Waals surface area contributed by atoms with Crippen LogP contribution in [0.5, 0.6) is 0 Å². The number of fused-ring (bicyclic) bond motifs is 1. The third-order valence-electron chi connectivity index (χ3n) is 3.90. The van der Waals surface area contributed by atoms with Crippen molar-refractivity contribution in [3.63, 3.8) is 0 Å². The minimum atomic E-state index is -0.837. The van der Waals surface area contributed by atoms with E-state index in [9.17, 15) is 9.90 Å². The third-order valence-corrected chi connectivity index (χ3v) is 3.90. The van der Waals surface area contributed by atoms with Crippen molar-refractivity contribution < 1.29 is 19.7 Å². The Morgan fingerprint density at radius 1 is 1.50 bits per heavy atom. The zero-order chi connectivity index (χ0) is 11.7. The molecule has 2 fully saturated rings. The predicted octanol–water partition coefficient (Wildman–Crippen LogP) is -0.211. The highest BCUT2D eigenvalue weighted by Crippen LogP contribution is 2.38. The molecule has 0 spiro atoms. The Kier molecular flexibility index (Phi) is 3.47. The van der Waals surface area contributed by atoms with Crippen LogP contribution >= 0.6 is 0 Å². The highest BCUT2D eigenvalue weighted by atomic mass is 16.5. The van der Waals surface area contributed by atoms with Crippen LogP contribution in [0.1, 0.15) is 12.8 Å². The lowest BCUT2D eigenvalue weighted by Gasteiger charge is -2.24. The second-order valence-corrected chi connectivity index (χ2v) is 4.83. The Hall–Kier alpha value is -0.650. The molecule has 0 radical (unpaired) electrons. The van der Waals surface area contributed by atoms with Crippen LogP contribution in [0, 0.1) is 11.8 Å². The van der Waals surface area contributed by atoms with E-state index >= 15 is 0 Å². The molecule has 1 heterocycles. The Morgan fingerprint density at radius 3 is 2.81 bits per heavy atom. The van der Waals surface area contributed by atoms with Crippen molar-refractivity contribution >= 4 is 5.97 Å². The zero-order valence-corrected chi connectivity index (χ0v) is 9.50. The summed E-state index contributed by atoms with van der Waals surface area (Å²) in [4.78, 5) is 13.0. The zero-order valence-electron chi connectivity index (χ0n) is 9.50. The summed E-state index contributed by atoms with van der Waals surface area (Å²) in [6, 6.07) is -0.567. The van der Waals surface area contributed by atoms with E-state index in [1.165, 1.54) is 7.11 Å². The van der Waals surface area contributed by atoms with Gasteiger partial charge in [0.1, 0.15) is 6.04 Å². The summed E-state index contributed by atoms with van der Waals surface area (Å²) in [5.74, 6) is -0.108. The van der Waals surface area contributed by atoms with Crippen molar-refractivity contribution in [2.45, 2.75) is 25.0 Å². The van der Waals surface area contributed by atoms with Gasteiger partial charge in [-0.1, -0.05) is 0 Å². The summed E-state index contributed by atoms with van der Waals surface area (Å²) in [7, 11) is 1.52. The maximum Gasteiger partial charge on any atom is 0.323 e. The fourth-order valence-corrected chi connectivity index (χ4v) is 3.02. The molecule has 1 aliphatic carbocycles. The van der Waals surface area contributed by atoms with E-state index in [1.807, 2.05) is 4.90 Å². The van der Waals surface area contributed by atoms with Gasteiger partial charge in [-0.2, -0.15) is 0 Å². The number of carbonyl (C=O) groups is 1. The Morgan fingerprint density at radius 2 is 2.25 bits per heavy atom. The van der Waals surface area contributed by atoms with Gasteiger partial charge in [0, 0.05) is 26.1 Å². The smallest absolute Gasteiger partial charge is 0.323 e. The molecule has 2 N–H and O–H groups in total. The average molecular weight is 229 g/mol. The van der Waals surface area contributed by atoms with Crippen molar-refractivity contribution in [3.8, 4) is 0 Å². The van der Waals surface area contributed by atoms with Crippen molar-refractivity contribution in [2.75, 3.05) is 26.8 Å². The molecule has 1 saturated heterocycles. The topological polar surface area (TPSA) is 70.0 Å². The summed E-state index contributed by atoms with van der Waals surface area (Å²) in [6.07, 6.45) is 1.64. The molecule has 4 unspecified atom stereocenters. The second-order valence-electron chi connectivity index (χ2n) is 4.83. The van der Waals surface area contributed by atoms with Gasteiger partial charge in [0.2, 0.25) is 0 Å². The van der Waals surface area contributed by atoms with E-state index in [-0.39, 0.29) is 18.6 Å². The summed E-state index contributed by atoms with van der Waals surface area (Å²) in [6.45, 7) is 1.68. The van der Waals surface area contributed by atoms with Crippen LogP contribution in [0.3, 0.4) is 0 Å². The van der Waals surface area contributed by atoms with E-state index in [1.54, 1.807) is 0 Å². The number of methoxy groups -OCH3 is 1. The predicted molar refractivity (Wildman–Crippen MR) is 57.1 cm³/mol. The Balaban J connectivity index is 1.99. The van der Waals surface area contributed by atoms with E-state index in [0.29, 0.717) is 12.5 Å². The van der Waals surface area contributed by atoms with Crippen molar-refractivity contribution in [1.82, 2.24) is 4.90 Å². The lowest BCUT2D eigenvalue weighted by atomic mass is 10.00. The molecule has 92 valence electrons. The van der Waals surface area contributed by atoms with Gasteiger partial charge in [0.25, 0.3) is 0 Å². The van der Waals surface area contributed by atoms with Crippen LogP contribution in [-0.4, -0.2) is 60.0 Å². The normalized spacial score (nSPS) is 36.2.